The summed E-state index contributed by atoms with van der Waals surface area (Å²) in [5.74, 6) is 0. The van der Waals surface area contributed by atoms with Gasteiger partial charge < -0.3 is 10.3 Å². The Hall–Kier alpha value is -2.99. The highest BCUT2D eigenvalue weighted by molar-refractivity contribution is 5.95. The predicted octanol–water partition coefficient (Wildman–Crippen LogP) is 2.88. The van der Waals surface area contributed by atoms with Crippen LogP contribution >= 0.6 is 0 Å². The molecule has 6 heteroatoms. The zero-order valence-corrected chi connectivity index (χ0v) is 13.0. The minimum Gasteiger partial charge on any atom is -0.352 e. The Morgan fingerprint density at radius 2 is 2.08 bits per heavy atom. The fraction of sp³-hybridized carbons (Fsp3) is 0.167. The quantitative estimate of drug-likeness (QED) is 0.531. The second kappa shape index (κ2) is 5.28. The highest BCUT2D eigenvalue weighted by atomic mass is 15.1. The second-order valence-corrected chi connectivity index (χ2v) is 5.99. The van der Waals surface area contributed by atoms with Crippen molar-refractivity contribution >= 4 is 27.5 Å². The lowest BCUT2D eigenvalue weighted by Crippen LogP contribution is -2.20. The molecule has 4 aromatic heterocycles. The molecule has 0 atom stereocenters. The summed E-state index contributed by atoms with van der Waals surface area (Å²) in [5, 5.41) is 12.0. The number of hydrogen-bond donors (Lipinski definition) is 3. The summed E-state index contributed by atoms with van der Waals surface area (Å²) in [4.78, 5) is 12.4. The molecule has 0 radical (unpaired) electrons. The van der Waals surface area contributed by atoms with Gasteiger partial charge in [-0.1, -0.05) is 6.08 Å². The summed E-state index contributed by atoms with van der Waals surface area (Å²) in [6, 6.07) is 8.11. The lowest BCUT2D eigenvalue weighted by molar-refractivity contribution is 0.737. The van der Waals surface area contributed by atoms with Gasteiger partial charge in [0, 0.05) is 18.1 Å². The molecular formula is C18H16N6. The Kier molecular flexibility index (Phi) is 2.96. The van der Waals surface area contributed by atoms with E-state index in [1.54, 1.807) is 6.20 Å². The Labute approximate surface area is 138 Å². The van der Waals surface area contributed by atoms with Crippen LogP contribution in [-0.4, -0.2) is 38.2 Å². The van der Waals surface area contributed by atoms with Crippen molar-refractivity contribution in [1.82, 2.24) is 30.5 Å². The molecule has 24 heavy (non-hydrogen) atoms. The third-order valence-corrected chi connectivity index (χ3v) is 4.48. The summed E-state index contributed by atoms with van der Waals surface area (Å²) in [6.07, 6.45) is 6.88. The van der Waals surface area contributed by atoms with Crippen LogP contribution in [0, 0.1) is 0 Å². The Morgan fingerprint density at radius 1 is 1.08 bits per heavy atom. The maximum absolute atomic E-state index is 4.59. The molecule has 0 aromatic carbocycles. The molecule has 0 bridgehead atoms. The summed E-state index contributed by atoms with van der Waals surface area (Å²) >= 11 is 0. The van der Waals surface area contributed by atoms with Crippen LogP contribution in [0.3, 0.4) is 0 Å². The van der Waals surface area contributed by atoms with E-state index in [9.17, 15) is 0 Å². The average molecular weight is 316 g/mol. The number of H-pyrrole nitrogens is 2. The maximum Gasteiger partial charge on any atom is 0.116 e. The van der Waals surface area contributed by atoms with Gasteiger partial charge in [0.2, 0.25) is 0 Å². The van der Waals surface area contributed by atoms with Crippen LogP contribution in [0.15, 0.2) is 42.7 Å². The van der Waals surface area contributed by atoms with E-state index in [2.05, 4.69) is 42.6 Å². The molecule has 0 unspecified atom stereocenters. The van der Waals surface area contributed by atoms with Crippen LogP contribution in [-0.2, 0) is 0 Å². The summed E-state index contributed by atoms with van der Waals surface area (Å²) < 4.78 is 0. The van der Waals surface area contributed by atoms with E-state index in [-0.39, 0.29) is 0 Å². The van der Waals surface area contributed by atoms with Gasteiger partial charge in [0.15, 0.2) is 0 Å². The molecular weight excluding hydrogens is 300 g/mol. The van der Waals surface area contributed by atoms with E-state index in [0.717, 1.165) is 58.5 Å². The molecule has 1 aliphatic rings. The van der Waals surface area contributed by atoms with Crippen LogP contribution in [0.5, 0.6) is 0 Å². The minimum absolute atomic E-state index is 0.904. The van der Waals surface area contributed by atoms with Crippen molar-refractivity contribution in [1.29, 1.82) is 0 Å². The highest BCUT2D eigenvalue weighted by Gasteiger charge is 2.14. The van der Waals surface area contributed by atoms with Crippen molar-refractivity contribution in [2.45, 2.75) is 6.42 Å². The van der Waals surface area contributed by atoms with E-state index in [4.69, 9.17) is 0 Å². The molecule has 0 saturated heterocycles. The van der Waals surface area contributed by atoms with Crippen LogP contribution in [0.1, 0.15) is 12.1 Å². The molecule has 0 aliphatic carbocycles. The molecule has 5 heterocycles. The van der Waals surface area contributed by atoms with Gasteiger partial charge in [0.05, 0.1) is 34.1 Å². The van der Waals surface area contributed by atoms with Gasteiger partial charge in [-0.2, -0.15) is 5.10 Å². The van der Waals surface area contributed by atoms with Gasteiger partial charge in [-0.15, -0.1) is 0 Å². The standard InChI is InChI=1S/C18H16N6/c1-2-13-15(20-5-1)9-16(22-13)18-12-8-14(11-3-6-19-7-4-11)21-10-17(12)23-24-18/h1-3,5,8-10,19,22H,4,6-7H2,(H,23,24). The average Bonchev–Trinajstić information content (AvgIpc) is 3.25. The number of nitrogens with zero attached hydrogens (tertiary/aromatic N) is 3. The van der Waals surface area contributed by atoms with E-state index in [1.807, 2.05) is 24.4 Å². The molecule has 0 saturated carbocycles. The predicted molar refractivity (Wildman–Crippen MR) is 94.4 cm³/mol. The minimum atomic E-state index is 0.904. The molecule has 3 N–H and O–H groups in total. The first kappa shape index (κ1) is 13.4. The molecule has 4 aromatic rings. The van der Waals surface area contributed by atoms with E-state index < -0.39 is 0 Å². The third kappa shape index (κ3) is 2.11. The fourth-order valence-electron chi connectivity index (χ4n) is 3.24. The first-order chi connectivity index (χ1) is 11.9. The Morgan fingerprint density at radius 3 is 2.96 bits per heavy atom. The number of aromatic amines is 2. The monoisotopic (exact) mass is 316 g/mol. The zero-order chi connectivity index (χ0) is 15.9. The fourth-order valence-corrected chi connectivity index (χ4v) is 3.24. The number of fused-ring (bicyclic) bond motifs is 2. The summed E-state index contributed by atoms with van der Waals surface area (Å²) in [7, 11) is 0. The Balaban J connectivity index is 1.66. The van der Waals surface area contributed by atoms with Crippen molar-refractivity contribution in [3.8, 4) is 11.4 Å². The van der Waals surface area contributed by atoms with Crippen molar-refractivity contribution in [2.24, 2.45) is 0 Å². The first-order valence-corrected chi connectivity index (χ1v) is 8.07. The number of aromatic nitrogens is 5. The van der Waals surface area contributed by atoms with Crippen LogP contribution in [0.25, 0.3) is 38.9 Å². The second-order valence-electron chi connectivity index (χ2n) is 5.99. The number of nitrogens with one attached hydrogen (secondary N) is 3. The van der Waals surface area contributed by atoms with Gasteiger partial charge in [0.1, 0.15) is 5.69 Å². The summed E-state index contributed by atoms with van der Waals surface area (Å²) in [6.45, 7) is 1.90. The molecule has 1 aliphatic heterocycles. The van der Waals surface area contributed by atoms with Gasteiger partial charge in [-0.05, 0) is 42.8 Å². The number of pyridine rings is 2. The molecule has 118 valence electrons. The van der Waals surface area contributed by atoms with Crippen LogP contribution in [0.2, 0.25) is 0 Å². The number of hydrogen-bond acceptors (Lipinski definition) is 4. The van der Waals surface area contributed by atoms with Crippen molar-refractivity contribution < 1.29 is 0 Å². The molecule has 6 nitrogen and oxygen atoms in total. The van der Waals surface area contributed by atoms with Crippen molar-refractivity contribution in [3.63, 3.8) is 0 Å². The molecule has 0 spiro atoms. The normalized spacial score (nSPS) is 15.1. The molecule has 5 rings (SSSR count). The van der Waals surface area contributed by atoms with E-state index in [1.165, 1.54) is 5.57 Å². The smallest absolute Gasteiger partial charge is 0.116 e. The molecule has 0 fully saturated rings. The summed E-state index contributed by atoms with van der Waals surface area (Å²) in [5.41, 5.74) is 7.09. The maximum atomic E-state index is 4.59. The first-order valence-electron chi connectivity index (χ1n) is 8.07. The van der Waals surface area contributed by atoms with E-state index in [0.29, 0.717) is 0 Å². The van der Waals surface area contributed by atoms with Crippen LogP contribution < -0.4 is 5.32 Å². The van der Waals surface area contributed by atoms with Gasteiger partial charge in [-0.25, -0.2) is 0 Å². The molecule has 0 amide bonds. The largest absolute Gasteiger partial charge is 0.352 e. The SMILES string of the molecule is C1=C(c2cc3c(-c4cc5ncccc5[nH]4)n[nH]c3cn2)CCNC1. The topological polar surface area (TPSA) is 82.3 Å². The third-order valence-electron chi connectivity index (χ3n) is 4.48. The van der Waals surface area contributed by atoms with Gasteiger partial charge in [-0.3, -0.25) is 15.1 Å². The van der Waals surface area contributed by atoms with Crippen molar-refractivity contribution in [3.05, 3.63) is 48.4 Å². The lowest BCUT2D eigenvalue weighted by Gasteiger charge is -2.13. The van der Waals surface area contributed by atoms with Crippen LogP contribution in [0.4, 0.5) is 0 Å². The Bertz CT molecular complexity index is 1040. The lowest BCUT2D eigenvalue weighted by atomic mass is 10.0. The highest BCUT2D eigenvalue weighted by Crippen LogP contribution is 2.29. The van der Waals surface area contributed by atoms with Crippen molar-refractivity contribution in [2.75, 3.05) is 13.1 Å². The zero-order valence-electron chi connectivity index (χ0n) is 13.0. The number of rotatable bonds is 2. The van der Waals surface area contributed by atoms with E-state index >= 15 is 0 Å². The van der Waals surface area contributed by atoms with Gasteiger partial charge in [0.25, 0.3) is 0 Å². The van der Waals surface area contributed by atoms with Gasteiger partial charge >= 0.3 is 0 Å².